The van der Waals surface area contributed by atoms with Crippen LogP contribution in [-0.2, 0) is 0 Å². The Labute approximate surface area is 223 Å². The molecule has 8 heteroatoms. The smallest absolute Gasteiger partial charge is 0.342 e. The molecule has 0 aromatic heterocycles. The van der Waals surface area contributed by atoms with Gasteiger partial charge < -0.3 is 10.1 Å². The van der Waals surface area contributed by atoms with Crippen LogP contribution in [0.5, 0.6) is 11.5 Å². The maximum absolute atomic E-state index is 13.1. The summed E-state index contributed by atoms with van der Waals surface area (Å²) in [6.45, 7) is 0.423. The number of hydrogen-bond donors (Lipinski definition) is 1. The molecule has 0 fully saturated rings. The van der Waals surface area contributed by atoms with Gasteiger partial charge in [-0.2, -0.15) is 5.10 Å². The lowest BCUT2D eigenvalue weighted by atomic mass is 9.91. The van der Waals surface area contributed by atoms with Gasteiger partial charge in [0, 0.05) is 22.7 Å². The van der Waals surface area contributed by atoms with Crippen molar-refractivity contribution < 1.29 is 9.53 Å². The molecule has 5 nitrogen and oxygen atoms in total. The fourth-order valence-electron chi connectivity index (χ4n) is 3.93. The van der Waals surface area contributed by atoms with Crippen molar-refractivity contribution in [3.63, 3.8) is 0 Å². The maximum Gasteiger partial charge on any atom is 0.342 e. The molecule has 180 valence electrons. The number of carbonyl (C=O) groups excluding carboxylic acids is 1. The van der Waals surface area contributed by atoms with Crippen LogP contribution in [0, 0.1) is 0 Å². The van der Waals surface area contributed by atoms with Crippen molar-refractivity contribution in [3.05, 3.63) is 123 Å². The first-order valence-corrected chi connectivity index (χ1v) is 12.3. The number of anilines is 1. The molecule has 0 bridgehead atoms. The largest absolute Gasteiger partial charge is 0.457 e. The number of ether oxygens (including phenoxy) is 1. The summed E-state index contributed by atoms with van der Waals surface area (Å²) in [5, 5.41) is 10.6. The second kappa shape index (κ2) is 10.6. The highest BCUT2D eigenvalue weighted by Crippen LogP contribution is 2.31. The molecule has 1 N–H and O–H groups in total. The standard InChI is InChI=1S/C28H20Cl3N3O2/c29-20-8-6-19(7-9-20)27-24(18-4-2-1-3-5-18)17-34(33-27)28(35)32-21-10-12-22(13-11-21)36-23-14-15-25(30)26(31)16-23/h1-16,24H,17H2,(H,32,35). The van der Waals surface area contributed by atoms with Gasteiger partial charge in [0.2, 0.25) is 0 Å². The number of nitrogens with one attached hydrogen (secondary N) is 1. The third kappa shape index (κ3) is 5.49. The van der Waals surface area contributed by atoms with E-state index in [1.165, 1.54) is 5.01 Å². The first-order chi connectivity index (χ1) is 17.5. The van der Waals surface area contributed by atoms with Gasteiger partial charge in [-0.25, -0.2) is 9.80 Å². The summed E-state index contributed by atoms with van der Waals surface area (Å²) in [6, 6.07) is 29.3. The minimum atomic E-state index is -0.321. The Kier molecular flexibility index (Phi) is 7.14. The Morgan fingerprint density at radius 1 is 0.833 bits per heavy atom. The minimum absolute atomic E-state index is 0.0555. The van der Waals surface area contributed by atoms with Gasteiger partial charge in [-0.1, -0.05) is 77.3 Å². The van der Waals surface area contributed by atoms with E-state index in [0.29, 0.717) is 38.8 Å². The van der Waals surface area contributed by atoms with Gasteiger partial charge in [0.15, 0.2) is 0 Å². The molecule has 1 aliphatic heterocycles. The Morgan fingerprint density at radius 3 is 2.22 bits per heavy atom. The molecule has 0 aliphatic carbocycles. The summed E-state index contributed by atoms with van der Waals surface area (Å²) in [5.41, 5.74) is 3.45. The summed E-state index contributed by atoms with van der Waals surface area (Å²) >= 11 is 18.1. The molecular weight excluding hydrogens is 517 g/mol. The van der Waals surface area contributed by atoms with Crippen molar-refractivity contribution >= 4 is 52.2 Å². The summed E-state index contributed by atoms with van der Waals surface area (Å²) in [5.74, 6) is 1.11. The van der Waals surface area contributed by atoms with Crippen molar-refractivity contribution in [2.75, 3.05) is 11.9 Å². The van der Waals surface area contributed by atoms with E-state index in [2.05, 4.69) is 10.4 Å². The van der Waals surface area contributed by atoms with Crippen LogP contribution in [0.3, 0.4) is 0 Å². The Hall–Kier alpha value is -3.51. The zero-order chi connectivity index (χ0) is 25.1. The van der Waals surface area contributed by atoms with Crippen molar-refractivity contribution in [2.24, 2.45) is 5.10 Å². The van der Waals surface area contributed by atoms with Gasteiger partial charge in [0.05, 0.1) is 22.3 Å². The lowest BCUT2D eigenvalue weighted by Crippen LogP contribution is -2.30. The van der Waals surface area contributed by atoms with Gasteiger partial charge >= 0.3 is 6.03 Å². The van der Waals surface area contributed by atoms with E-state index in [4.69, 9.17) is 39.5 Å². The Morgan fingerprint density at radius 2 is 1.53 bits per heavy atom. The highest BCUT2D eigenvalue weighted by atomic mass is 35.5. The lowest BCUT2D eigenvalue weighted by molar-refractivity contribution is 0.218. The molecule has 5 rings (SSSR count). The quantitative estimate of drug-likeness (QED) is 0.278. The summed E-state index contributed by atoms with van der Waals surface area (Å²) in [7, 11) is 0. The average Bonchev–Trinajstić information content (AvgIpc) is 3.34. The molecule has 0 saturated carbocycles. The Bertz CT molecular complexity index is 1410. The highest BCUT2D eigenvalue weighted by molar-refractivity contribution is 6.42. The molecule has 0 saturated heterocycles. The monoisotopic (exact) mass is 535 g/mol. The number of benzene rings is 4. The van der Waals surface area contributed by atoms with Crippen LogP contribution in [0.4, 0.5) is 10.5 Å². The van der Waals surface area contributed by atoms with Crippen LogP contribution >= 0.6 is 34.8 Å². The van der Waals surface area contributed by atoms with Crippen LogP contribution < -0.4 is 10.1 Å². The summed E-state index contributed by atoms with van der Waals surface area (Å²) in [4.78, 5) is 13.1. The molecule has 1 heterocycles. The zero-order valence-corrected chi connectivity index (χ0v) is 21.1. The van der Waals surface area contributed by atoms with Gasteiger partial charge in [-0.3, -0.25) is 0 Å². The molecule has 1 unspecified atom stereocenters. The van der Waals surface area contributed by atoms with Gasteiger partial charge in [-0.15, -0.1) is 0 Å². The van der Waals surface area contributed by atoms with Crippen molar-refractivity contribution in [1.82, 2.24) is 5.01 Å². The molecule has 36 heavy (non-hydrogen) atoms. The average molecular weight is 537 g/mol. The van der Waals surface area contributed by atoms with E-state index in [-0.39, 0.29) is 11.9 Å². The lowest BCUT2D eigenvalue weighted by Gasteiger charge is -2.16. The molecule has 1 atom stereocenters. The van der Waals surface area contributed by atoms with E-state index >= 15 is 0 Å². The number of nitrogens with zero attached hydrogens (tertiary/aromatic N) is 2. The van der Waals surface area contributed by atoms with Gasteiger partial charge in [0.25, 0.3) is 0 Å². The van der Waals surface area contributed by atoms with Crippen molar-refractivity contribution in [2.45, 2.75) is 5.92 Å². The van der Waals surface area contributed by atoms with Gasteiger partial charge in [0.1, 0.15) is 11.5 Å². The molecule has 4 aromatic rings. The Balaban J connectivity index is 1.31. The van der Waals surface area contributed by atoms with Crippen LogP contribution in [0.15, 0.2) is 102 Å². The number of amides is 2. The molecule has 0 radical (unpaired) electrons. The van der Waals surface area contributed by atoms with Crippen LogP contribution in [0.25, 0.3) is 0 Å². The van der Waals surface area contributed by atoms with Crippen LogP contribution in [0.2, 0.25) is 15.1 Å². The van der Waals surface area contributed by atoms with Gasteiger partial charge in [-0.05, 0) is 59.7 Å². The molecule has 0 spiro atoms. The minimum Gasteiger partial charge on any atom is -0.457 e. The topological polar surface area (TPSA) is 53.9 Å². The summed E-state index contributed by atoms with van der Waals surface area (Å²) in [6.07, 6.45) is 0. The second-order valence-corrected chi connectivity index (χ2v) is 9.42. The first kappa shape index (κ1) is 24.2. The number of halogens is 3. The van der Waals surface area contributed by atoms with E-state index in [9.17, 15) is 4.79 Å². The molecule has 4 aromatic carbocycles. The van der Waals surface area contributed by atoms with E-state index < -0.39 is 0 Å². The first-order valence-electron chi connectivity index (χ1n) is 11.2. The molecule has 1 aliphatic rings. The third-order valence-corrected chi connectivity index (χ3v) is 6.71. The van der Waals surface area contributed by atoms with E-state index in [0.717, 1.165) is 16.8 Å². The predicted octanol–water partition coefficient (Wildman–Crippen LogP) is 8.47. The van der Waals surface area contributed by atoms with Crippen molar-refractivity contribution in [3.8, 4) is 11.5 Å². The van der Waals surface area contributed by atoms with Crippen LogP contribution in [0.1, 0.15) is 17.0 Å². The predicted molar refractivity (Wildman–Crippen MR) is 146 cm³/mol. The molecule has 2 amide bonds. The number of rotatable bonds is 5. The number of carbonyl (C=O) groups is 1. The van der Waals surface area contributed by atoms with Crippen LogP contribution in [-0.4, -0.2) is 23.3 Å². The fourth-order valence-corrected chi connectivity index (χ4v) is 4.34. The normalized spacial score (nSPS) is 14.9. The fraction of sp³-hybridized carbons (Fsp3) is 0.0714. The number of hydrogen-bond acceptors (Lipinski definition) is 3. The zero-order valence-electron chi connectivity index (χ0n) is 18.9. The second-order valence-electron chi connectivity index (χ2n) is 8.17. The van der Waals surface area contributed by atoms with E-state index in [1.807, 2.05) is 54.6 Å². The van der Waals surface area contributed by atoms with E-state index in [1.54, 1.807) is 42.5 Å². The summed E-state index contributed by atoms with van der Waals surface area (Å²) < 4.78 is 5.81. The maximum atomic E-state index is 13.1. The number of hydrazone groups is 1. The number of urea groups is 1. The third-order valence-electron chi connectivity index (χ3n) is 5.72. The van der Waals surface area contributed by atoms with Crippen molar-refractivity contribution in [1.29, 1.82) is 0 Å². The highest BCUT2D eigenvalue weighted by Gasteiger charge is 2.32. The molecular formula is C28H20Cl3N3O2. The SMILES string of the molecule is O=C(Nc1ccc(Oc2ccc(Cl)c(Cl)c2)cc1)N1CC(c2ccccc2)C(c2ccc(Cl)cc2)=N1.